The second-order valence-electron chi connectivity index (χ2n) is 8.57. The fourth-order valence-corrected chi connectivity index (χ4v) is 6.44. The Morgan fingerprint density at radius 2 is 1.08 bits per heavy atom. The van der Waals surface area contributed by atoms with Crippen molar-refractivity contribution in [3.8, 4) is 0 Å². The van der Waals surface area contributed by atoms with Crippen LogP contribution in [-0.2, 0) is 0 Å². The van der Waals surface area contributed by atoms with E-state index in [1.165, 1.54) is 30.4 Å². The maximum Gasteiger partial charge on any atom is 0.0152 e. The SMILES string of the molecule is CC1(C)[C](c2ccccc2)C2C3CCC(C3)C2[C]1c1ccccc1. The van der Waals surface area contributed by atoms with Crippen LogP contribution in [0.25, 0.3) is 0 Å². The molecule has 24 heavy (non-hydrogen) atoms. The molecule has 2 aromatic rings. The molecule has 5 rings (SSSR count). The topological polar surface area (TPSA) is 0 Å². The largest absolute Gasteiger partial charge is 0.0622 e. The number of benzene rings is 2. The lowest BCUT2D eigenvalue weighted by Crippen LogP contribution is -2.28. The smallest absolute Gasteiger partial charge is 0.0152 e. The first-order valence-corrected chi connectivity index (χ1v) is 9.53. The van der Waals surface area contributed by atoms with Crippen molar-refractivity contribution in [2.75, 3.05) is 0 Å². The molecule has 0 aliphatic heterocycles. The molecule has 4 unspecified atom stereocenters. The van der Waals surface area contributed by atoms with Crippen LogP contribution in [0.1, 0.15) is 44.2 Å². The molecule has 122 valence electrons. The highest BCUT2D eigenvalue weighted by atomic mass is 14.7. The van der Waals surface area contributed by atoms with Crippen molar-refractivity contribution in [2.45, 2.75) is 33.1 Å². The standard InChI is InChI=1S/C24H26/c1-24(2)22(16-9-5-3-6-10-16)20-18-13-14-19(15-18)21(20)23(24)17-11-7-4-8-12-17/h3-12,18-21H,13-15H2,1-2H3. The molecule has 0 heterocycles. The predicted molar refractivity (Wildman–Crippen MR) is 99.2 cm³/mol. The summed E-state index contributed by atoms with van der Waals surface area (Å²) < 4.78 is 0. The Morgan fingerprint density at radius 1 is 0.667 bits per heavy atom. The van der Waals surface area contributed by atoms with E-state index in [0.717, 1.165) is 23.7 Å². The molecular formula is C24H26. The van der Waals surface area contributed by atoms with E-state index < -0.39 is 0 Å². The molecule has 0 amide bonds. The summed E-state index contributed by atoms with van der Waals surface area (Å²) in [4.78, 5) is 0. The van der Waals surface area contributed by atoms with Crippen LogP contribution in [0.3, 0.4) is 0 Å². The molecule has 2 aromatic carbocycles. The lowest BCUT2D eigenvalue weighted by molar-refractivity contribution is 0.290. The zero-order chi connectivity index (χ0) is 16.3. The van der Waals surface area contributed by atoms with Crippen molar-refractivity contribution in [3.05, 3.63) is 83.6 Å². The minimum atomic E-state index is 0.166. The van der Waals surface area contributed by atoms with Crippen molar-refractivity contribution in [2.24, 2.45) is 29.1 Å². The van der Waals surface area contributed by atoms with Gasteiger partial charge in [-0.05, 0) is 59.5 Å². The maximum atomic E-state index is 2.48. The molecule has 2 radical (unpaired) electrons. The molecule has 0 nitrogen and oxygen atoms in total. The van der Waals surface area contributed by atoms with Crippen LogP contribution in [0, 0.1) is 40.9 Å². The first-order chi connectivity index (χ1) is 11.7. The van der Waals surface area contributed by atoms with Crippen LogP contribution in [0.2, 0.25) is 0 Å². The van der Waals surface area contributed by atoms with Gasteiger partial charge in [0.25, 0.3) is 0 Å². The third-order valence-electron chi connectivity index (χ3n) is 7.10. The summed E-state index contributed by atoms with van der Waals surface area (Å²) in [7, 11) is 0. The molecule has 4 atom stereocenters. The van der Waals surface area contributed by atoms with E-state index in [2.05, 4.69) is 74.5 Å². The Bertz CT molecular complexity index is 653. The molecule has 0 aromatic heterocycles. The number of rotatable bonds is 2. The normalized spacial score (nSPS) is 34.6. The lowest BCUT2D eigenvalue weighted by atomic mass is 9.67. The van der Waals surface area contributed by atoms with Gasteiger partial charge in [0.1, 0.15) is 0 Å². The van der Waals surface area contributed by atoms with Gasteiger partial charge in [-0.15, -0.1) is 0 Å². The quantitative estimate of drug-likeness (QED) is 0.644. The Hall–Kier alpha value is -1.56. The van der Waals surface area contributed by atoms with Gasteiger partial charge in [0.2, 0.25) is 0 Å². The third kappa shape index (κ3) is 1.92. The van der Waals surface area contributed by atoms with Gasteiger partial charge in [-0.3, -0.25) is 0 Å². The van der Waals surface area contributed by atoms with E-state index >= 15 is 0 Å². The zero-order valence-corrected chi connectivity index (χ0v) is 14.7. The van der Waals surface area contributed by atoms with E-state index in [-0.39, 0.29) is 5.41 Å². The van der Waals surface area contributed by atoms with Crippen LogP contribution >= 0.6 is 0 Å². The van der Waals surface area contributed by atoms with E-state index in [9.17, 15) is 0 Å². The van der Waals surface area contributed by atoms with Crippen LogP contribution < -0.4 is 0 Å². The molecule has 0 N–H and O–H groups in total. The minimum Gasteiger partial charge on any atom is -0.0622 e. The molecule has 0 spiro atoms. The monoisotopic (exact) mass is 314 g/mol. The van der Waals surface area contributed by atoms with Gasteiger partial charge in [0.05, 0.1) is 0 Å². The number of fused-ring (bicyclic) bond motifs is 5. The van der Waals surface area contributed by atoms with E-state index in [1.807, 2.05) is 0 Å². The van der Waals surface area contributed by atoms with Crippen molar-refractivity contribution >= 4 is 0 Å². The lowest BCUT2D eigenvalue weighted by Gasteiger charge is -2.36. The molecular weight excluding hydrogens is 288 g/mol. The molecule has 3 fully saturated rings. The van der Waals surface area contributed by atoms with Crippen LogP contribution in [0.5, 0.6) is 0 Å². The summed E-state index contributed by atoms with van der Waals surface area (Å²) in [6.45, 7) is 4.96. The van der Waals surface area contributed by atoms with Gasteiger partial charge in [0.15, 0.2) is 0 Å². The van der Waals surface area contributed by atoms with Gasteiger partial charge in [-0.1, -0.05) is 74.5 Å². The summed E-state index contributed by atoms with van der Waals surface area (Å²) >= 11 is 0. The van der Waals surface area contributed by atoms with Gasteiger partial charge in [-0.2, -0.15) is 0 Å². The van der Waals surface area contributed by atoms with Gasteiger partial charge in [0, 0.05) is 11.8 Å². The Morgan fingerprint density at radius 3 is 1.50 bits per heavy atom. The zero-order valence-electron chi connectivity index (χ0n) is 14.7. The minimum absolute atomic E-state index is 0.166. The van der Waals surface area contributed by atoms with Gasteiger partial charge < -0.3 is 0 Å². The average molecular weight is 314 g/mol. The summed E-state index contributed by atoms with van der Waals surface area (Å²) in [5.41, 5.74) is 3.13. The molecule has 3 saturated carbocycles. The fraction of sp³-hybridized carbons (Fsp3) is 0.417. The summed E-state index contributed by atoms with van der Waals surface area (Å²) in [5.74, 6) is 6.82. The van der Waals surface area contributed by atoms with E-state index in [0.29, 0.717) is 0 Å². The van der Waals surface area contributed by atoms with Crippen LogP contribution in [0.4, 0.5) is 0 Å². The van der Waals surface area contributed by atoms with Crippen LogP contribution in [0.15, 0.2) is 60.7 Å². The summed E-state index contributed by atoms with van der Waals surface area (Å²) in [6, 6.07) is 22.5. The van der Waals surface area contributed by atoms with E-state index in [4.69, 9.17) is 0 Å². The van der Waals surface area contributed by atoms with Crippen molar-refractivity contribution in [3.63, 3.8) is 0 Å². The Labute approximate surface area is 146 Å². The fourth-order valence-electron chi connectivity index (χ4n) is 6.44. The number of hydrogen-bond acceptors (Lipinski definition) is 0. The first kappa shape index (κ1) is 14.8. The third-order valence-corrected chi connectivity index (χ3v) is 7.10. The van der Waals surface area contributed by atoms with Gasteiger partial charge in [-0.25, -0.2) is 0 Å². The number of hydrogen-bond donors (Lipinski definition) is 0. The summed E-state index contributed by atoms with van der Waals surface area (Å²) in [6.07, 6.45) is 4.35. The summed E-state index contributed by atoms with van der Waals surface area (Å²) in [5, 5.41) is 0. The van der Waals surface area contributed by atoms with Crippen molar-refractivity contribution < 1.29 is 0 Å². The molecule has 2 bridgehead atoms. The van der Waals surface area contributed by atoms with Crippen LogP contribution in [-0.4, -0.2) is 0 Å². The molecule has 3 aliphatic carbocycles. The van der Waals surface area contributed by atoms with Gasteiger partial charge >= 0.3 is 0 Å². The Balaban J connectivity index is 1.66. The van der Waals surface area contributed by atoms with Crippen molar-refractivity contribution in [1.29, 1.82) is 0 Å². The molecule has 0 saturated heterocycles. The maximum absolute atomic E-state index is 2.48. The predicted octanol–water partition coefficient (Wildman–Crippen LogP) is 5.93. The average Bonchev–Trinajstić information content (AvgIpc) is 3.25. The molecule has 3 aliphatic rings. The second-order valence-corrected chi connectivity index (χ2v) is 8.57. The van der Waals surface area contributed by atoms with E-state index in [1.54, 1.807) is 11.8 Å². The first-order valence-electron chi connectivity index (χ1n) is 9.53. The van der Waals surface area contributed by atoms with Crippen molar-refractivity contribution in [1.82, 2.24) is 0 Å². The Kier molecular flexibility index (Phi) is 3.21. The second kappa shape index (κ2) is 5.22. The molecule has 0 heteroatoms. The highest BCUT2D eigenvalue weighted by molar-refractivity contribution is 5.53. The highest BCUT2D eigenvalue weighted by Gasteiger charge is 2.65. The highest BCUT2D eigenvalue weighted by Crippen LogP contribution is 2.72.